The SMILES string of the molecule is COc1cccc(N(C)c2nccc(C(=O)O)c2N)c1. The molecule has 3 N–H and O–H groups in total. The largest absolute Gasteiger partial charge is 0.497 e. The summed E-state index contributed by atoms with van der Waals surface area (Å²) in [7, 11) is 3.34. The van der Waals surface area contributed by atoms with Crippen molar-refractivity contribution in [2.24, 2.45) is 0 Å². The van der Waals surface area contributed by atoms with E-state index < -0.39 is 5.97 Å². The highest BCUT2D eigenvalue weighted by atomic mass is 16.5. The number of ether oxygens (including phenoxy) is 1. The summed E-state index contributed by atoms with van der Waals surface area (Å²) in [4.78, 5) is 16.9. The third kappa shape index (κ3) is 2.49. The Kier molecular flexibility index (Phi) is 3.74. The van der Waals surface area contributed by atoms with Crippen molar-refractivity contribution < 1.29 is 14.6 Å². The maximum atomic E-state index is 11.1. The molecule has 0 aliphatic carbocycles. The Morgan fingerprint density at radius 3 is 2.80 bits per heavy atom. The molecule has 2 aromatic rings. The van der Waals surface area contributed by atoms with E-state index in [9.17, 15) is 4.79 Å². The minimum Gasteiger partial charge on any atom is -0.497 e. The molecule has 1 heterocycles. The van der Waals surface area contributed by atoms with Crippen molar-refractivity contribution in [1.29, 1.82) is 0 Å². The fourth-order valence-electron chi connectivity index (χ4n) is 1.86. The lowest BCUT2D eigenvalue weighted by molar-refractivity contribution is 0.0698. The normalized spacial score (nSPS) is 10.1. The number of hydrogen-bond acceptors (Lipinski definition) is 5. The molecular weight excluding hydrogens is 258 g/mol. The summed E-state index contributed by atoms with van der Waals surface area (Å²) in [6, 6.07) is 8.70. The van der Waals surface area contributed by atoms with Gasteiger partial charge in [0.15, 0.2) is 5.82 Å². The number of benzene rings is 1. The van der Waals surface area contributed by atoms with Gasteiger partial charge < -0.3 is 20.5 Å². The number of aromatic nitrogens is 1. The Morgan fingerprint density at radius 1 is 1.40 bits per heavy atom. The van der Waals surface area contributed by atoms with Crippen molar-refractivity contribution in [3.8, 4) is 5.75 Å². The Hall–Kier alpha value is -2.76. The molecule has 0 unspecified atom stereocenters. The number of aromatic carboxylic acids is 1. The van der Waals surface area contributed by atoms with Crippen LogP contribution in [0.25, 0.3) is 0 Å². The predicted molar refractivity (Wildman–Crippen MR) is 76.7 cm³/mol. The van der Waals surface area contributed by atoms with Gasteiger partial charge in [-0.25, -0.2) is 9.78 Å². The van der Waals surface area contributed by atoms with Crippen LogP contribution in [0.5, 0.6) is 5.75 Å². The highest BCUT2D eigenvalue weighted by Crippen LogP contribution is 2.30. The fourth-order valence-corrected chi connectivity index (χ4v) is 1.86. The summed E-state index contributed by atoms with van der Waals surface area (Å²) >= 11 is 0. The van der Waals surface area contributed by atoms with Gasteiger partial charge in [0.05, 0.1) is 18.4 Å². The van der Waals surface area contributed by atoms with Crippen LogP contribution in [-0.4, -0.2) is 30.2 Å². The van der Waals surface area contributed by atoms with Crippen LogP contribution >= 0.6 is 0 Å². The number of rotatable bonds is 4. The van der Waals surface area contributed by atoms with Crippen molar-refractivity contribution in [3.05, 3.63) is 42.1 Å². The average Bonchev–Trinajstić information content (AvgIpc) is 2.46. The molecule has 0 amide bonds. The topological polar surface area (TPSA) is 88.7 Å². The monoisotopic (exact) mass is 273 g/mol. The minimum atomic E-state index is -1.08. The molecule has 0 fully saturated rings. The zero-order valence-electron chi connectivity index (χ0n) is 11.2. The first kappa shape index (κ1) is 13.7. The van der Waals surface area contributed by atoms with Gasteiger partial charge in [-0.3, -0.25) is 0 Å². The number of carbonyl (C=O) groups is 1. The highest BCUT2D eigenvalue weighted by molar-refractivity contribution is 5.96. The van der Waals surface area contributed by atoms with Crippen LogP contribution in [0.3, 0.4) is 0 Å². The number of pyridine rings is 1. The molecule has 0 aliphatic rings. The molecule has 20 heavy (non-hydrogen) atoms. The number of nitrogens with two attached hydrogens (primary N) is 1. The van der Waals surface area contributed by atoms with Gasteiger partial charge in [-0.1, -0.05) is 6.07 Å². The molecule has 0 radical (unpaired) electrons. The first-order valence-corrected chi connectivity index (χ1v) is 5.90. The zero-order chi connectivity index (χ0) is 14.7. The molecule has 0 spiro atoms. The third-order valence-electron chi connectivity index (χ3n) is 2.96. The molecule has 6 nitrogen and oxygen atoms in total. The second kappa shape index (κ2) is 5.48. The van der Waals surface area contributed by atoms with Crippen LogP contribution in [0.15, 0.2) is 36.5 Å². The van der Waals surface area contributed by atoms with Gasteiger partial charge in [0.25, 0.3) is 0 Å². The molecule has 1 aromatic carbocycles. The lowest BCUT2D eigenvalue weighted by Crippen LogP contribution is -2.15. The van der Waals surface area contributed by atoms with E-state index in [4.69, 9.17) is 15.6 Å². The van der Waals surface area contributed by atoms with Crippen LogP contribution in [0.2, 0.25) is 0 Å². The molecule has 0 atom stereocenters. The molecule has 0 aliphatic heterocycles. The van der Waals surface area contributed by atoms with Crippen molar-refractivity contribution >= 4 is 23.2 Å². The fraction of sp³-hybridized carbons (Fsp3) is 0.143. The maximum absolute atomic E-state index is 11.1. The standard InChI is InChI=1S/C14H15N3O3/c1-17(9-4-3-5-10(8-9)20-2)13-12(15)11(14(18)19)6-7-16-13/h3-8H,15H2,1-2H3,(H,18,19). The highest BCUT2D eigenvalue weighted by Gasteiger charge is 2.16. The van der Waals surface area contributed by atoms with E-state index in [-0.39, 0.29) is 11.3 Å². The zero-order valence-corrected chi connectivity index (χ0v) is 11.2. The van der Waals surface area contributed by atoms with Crippen molar-refractivity contribution in [2.45, 2.75) is 0 Å². The molecule has 1 aromatic heterocycles. The van der Waals surface area contributed by atoms with Crippen LogP contribution < -0.4 is 15.4 Å². The van der Waals surface area contributed by atoms with E-state index in [0.717, 1.165) is 5.69 Å². The third-order valence-corrected chi connectivity index (χ3v) is 2.96. The molecule has 0 saturated heterocycles. The molecule has 6 heteroatoms. The second-order valence-corrected chi connectivity index (χ2v) is 4.16. The lowest BCUT2D eigenvalue weighted by Gasteiger charge is -2.21. The van der Waals surface area contributed by atoms with E-state index >= 15 is 0 Å². The Balaban J connectivity index is 2.45. The Bertz CT molecular complexity index is 643. The van der Waals surface area contributed by atoms with Gasteiger partial charge in [0.2, 0.25) is 0 Å². The first-order valence-electron chi connectivity index (χ1n) is 5.90. The summed E-state index contributed by atoms with van der Waals surface area (Å²) < 4.78 is 5.16. The molecule has 0 bridgehead atoms. The van der Waals surface area contributed by atoms with E-state index in [1.165, 1.54) is 12.3 Å². The van der Waals surface area contributed by atoms with Gasteiger partial charge in [-0.15, -0.1) is 0 Å². The molecule has 104 valence electrons. The number of anilines is 3. The maximum Gasteiger partial charge on any atom is 0.337 e. The summed E-state index contributed by atoms with van der Waals surface area (Å²) in [5, 5.41) is 9.08. The Labute approximate surface area is 116 Å². The number of methoxy groups -OCH3 is 1. The van der Waals surface area contributed by atoms with Crippen LogP contribution in [0.4, 0.5) is 17.2 Å². The first-order chi connectivity index (χ1) is 9.54. The lowest BCUT2D eigenvalue weighted by atomic mass is 10.2. The summed E-state index contributed by atoms with van der Waals surface area (Å²) in [6.07, 6.45) is 1.42. The number of nitrogens with zero attached hydrogens (tertiary/aromatic N) is 2. The van der Waals surface area contributed by atoms with Crippen molar-refractivity contribution in [1.82, 2.24) is 4.98 Å². The Morgan fingerprint density at radius 2 is 2.15 bits per heavy atom. The quantitative estimate of drug-likeness (QED) is 0.887. The number of hydrogen-bond donors (Lipinski definition) is 2. The predicted octanol–water partition coefficient (Wildman–Crippen LogP) is 2.14. The molecular formula is C14H15N3O3. The second-order valence-electron chi connectivity index (χ2n) is 4.16. The van der Waals surface area contributed by atoms with Crippen LogP contribution in [0, 0.1) is 0 Å². The molecule has 2 rings (SSSR count). The minimum absolute atomic E-state index is 0.0322. The smallest absolute Gasteiger partial charge is 0.337 e. The number of nitrogen functional groups attached to an aromatic ring is 1. The average molecular weight is 273 g/mol. The van der Waals surface area contributed by atoms with Crippen LogP contribution in [-0.2, 0) is 0 Å². The number of carboxylic acid groups (broad SMARTS) is 1. The van der Waals surface area contributed by atoms with Crippen molar-refractivity contribution in [3.63, 3.8) is 0 Å². The van der Waals surface area contributed by atoms with Gasteiger partial charge in [-0.05, 0) is 18.2 Å². The number of carboxylic acids is 1. The van der Waals surface area contributed by atoms with Gasteiger partial charge >= 0.3 is 5.97 Å². The van der Waals surface area contributed by atoms with E-state index in [1.807, 2.05) is 24.3 Å². The van der Waals surface area contributed by atoms with E-state index in [1.54, 1.807) is 19.1 Å². The van der Waals surface area contributed by atoms with Crippen molar-refractivity contribution in [2.75, 3.05) is 24.8 Å². The van der Waals surface area contributed by atoms with Gasteiger partial charge in [0.1, 0.15) is 5.75 Å². The summed E-state index contributed by atoms with van der Waals surface area (Å²) in [6.45, 7) is 0. The van der Waals surface area contributed by atoms with Gasteiger partial charge in [-0.2, -0.15) is 0 Å². The molecule has 0 saturated carbocycles. The van der Waals surface area contributed by atoms with E-state index in [0.29, 0.717) is 11.6 Å². The van der Waals surface area contributed by atoms with Crippen LogP contribution in [0.1, 0.15) is 10.4 Å². The van der Waals surface area contributed by atoms with E-state index in [2.05, 4.69) is 4.98 Å². The van der Waals surface area contributed by atoms with Gasteiger partial charge in [0, 0.05) is 25.0 Å². The summed E-state index contributed by atoms with van der Waals surface area (Å²) in [5.41, 5.74) is 6.84. The summed E-state index contributed by atoms with van der Waals surface area (Å²) in [5.74, 6) is 0.00524.